The maximum atomic E-state index is 12.1. The van der Waals surface area contributed by atoms with Crippen molar-refractivity contribution in [3.05, 3.63) is 58.6 Å². The molecule has 0 saturated carbocycles. The number of benzene rings is 2. The van der Waals surface area contributed by atoms with Gasteiger partial charge in [-0.05, 0) is 52.2 Å². The summed E-state index contributed by atoms with van der Waals surface area (Å²) in [6, 6.07) is 15.2. The fourth-order valence-electron chi connectivity index (χ4n) is 2.26. The van der Waals surface area contributed by atoms with Gasteiger partial charge in [-0.15, -0.1) is 0 Å². The Labute approximate surface area is 156 Å². The topological polar surface area (TPSA) is 61.4 Å². The molecule has 132 valence electrons. The number of hydrogen-bond acceptors (Lipinski definition) is 3. The minimum atomic E-state index is -0.128. The van der Waals surface area contributed by atoms with Crippen molar-refractivity contribution in [1.29, 1.82) is 0 Å². The van der Waals surface area contributed by atoms with Gasteiger partial charge in [-0.3, -0.25) is 9.59 Å². The Morgan fingerprint density at radius 3 is 2.56 bits per heavy atom. The van der Waals surface area contributed by atoms with Crippen molar-refractivity contribution in [3.63, 3.8) is 0 Å². The molecule has 0 saturated heterocycles. The van der Waals surface area contributed by atoms with E-state index in [0.29, 0.717) is 12.8 Å². The molecule has 0 fully saturated rings. The molecule has 2 rings (SSSR count). The zero-order chi connectivity index (χ0) is 18.2. The predicted octanol–water partition coefficient (Wildman–Crippen LogP) is 3.52. The number of anilines is 2. The zero-order valence-corrected chi connectivity index (χ0v) is 16.0. The molecule has 2 amide bonds. The van der Waals surface area contributed by atoms with Crippen LogP contribution in [0.3, 0.4) is 0 Å². The van der Waals surface area contributed by atoms with Gasteiger partial charge in [0, 0.05) is 36.4 Å². The van der Waals surface area contributed by atoms with E-state index in [1.807, 2.05) is 48.5 Å². The standard InChI is InChI=1S/C19H22BrN3O2/c1-23(2)19(25)11-10-14-6-5-7-15(12-14)22-18(24)13-21-17-9-4-3-8-16(17)20/h3-9,12,21H,10-11,13H2,1-2H3,(H,22,24). The summed E-state index contributed by atoms with van der Waals surface area (Å²) in [5, 5.41) is 5.96. The van der Waals surface area contributed by atoms with E-state index in [9.17, 15) is 9.59 Å². The normalized spacial score (nSPS) is 10.2. The number of carbonyl (C=O) groups is 2. The van der Waals surface area contributed by atoms with E-state index in [1.54, 1.807) is 19.0 Å². The molecule has 0 aliphatic heterocycles. The van der Waals surface area contributed by atoms with E-state index in [2.05, 4.69) is 26.6 Å². The summed E-state index contributed by atoms with van der Waals surface area (Å²) in [5.41, 5.74) is 2.62. The number of carbonyl (C=O) groups excluding carboxylic acids is 2. The fourth-order valence-corrected chi connectivity index (χ4v) is 2.69. The lowest BCUT2D eigenvalue weighted by Gasteiger charge is -2.11. The third kappa shape index (κ3) is 6.23. The Balaban J connectivity index is 1.87. The number of amides is 2. The van der Waals surface area contributed by atoms with Gasteiger partial charge < -0.3 is 15.5 Å². The molecule has 2 N–H and O–H groups in total. The van der Waals surface area contributed by atoms with Gasteiger partial charge in [0.05, 0.1) is 6.54 Å². The predicted molar refractivity (Wildman–Crippen MR) is 105 cm³/mol. The van der Waals surface area contributed by atoms with Gasteiger partial charge in [0.1, 0.15) is 0 Å². The highest BCUT2D eigenvalue weighted by Gasteiger charge is 2.07. The lowest BCUT2D eigenvalue weighted by atomic mass is 10.1. The van der Waals surface area contributed by atoms with Crippen LogP contribution in [0.25, 0.3) is 0 Å². The summed E-state index contributed by atoms with van der Waals surface area (Å²) in [5.74, 6) is -0.0376. The molecule has 0 atom stereocenters. The molecule has 0 radical (unpaired) electrons. The number of nitrogens with one attached hydrogen (secondary N) is 2. The highest BCUT2D eigenvalue weighted by molar-refractivity contribution is 9.10. The first-order valence-electron chi connectivity index (χ1n) is 8.03. The molecule has 0 aliphatic rings. The molecule has 2 aromatic rings. The summed E-state index contributed by atoms with van der Waals surface area (Å²) in [4.78, 5) is 25.4. The molecule has 0 heterocycles. The molecule has 0 unspecified atom stereocenters. The molecule has 2 aromatic carbocycles. The van der Waals surface area contributed by atoms with Crippen LogP contribution in [0.1, 0.15) is 12.0 Å². The summed E-state index contributed by atoms with van der Waals surface area (Å²) in [6.45, 7) is 0.173. The number of aryl methyl sites for hydroxylation is 1. The quantitative estimate of drug-likeness (QED) is 0.743. The second-order valence-electron chi connectivity index (χ2n) is 5.87. The largest absolute Gasteiger partial charge is 0.375 e. The van der Waals surface area contributed by atoms with Crippen molar-refractivity contribution in [3.8, 4) is 0 Å². The fraction of sp³-hybridized carbons (Fsp3) is 0.263. The third-order valence-corrected chi connectivity index (χ3v) is 4.34. The van der Waals surface area contributed by atoms with Crippen molar-refractivity contribution in [1.82, 2.24) is 4.90 Å². The maximum Gasteiger partial charge on any atom is 0.243 e. The Morgan fingerprint density at radius 1 is 1.08 bits per heavy atom. The summed E-state index contributed by atoms with van der Waals surface area (Å²) in [6.07, 6.45) is 1.10. The number of nitrogens with zero attached hydrogens (tertiary/aromatic N) is 1. The molecule has 25 heavy (non-hydrogen) atoms. The van der Waals surface area contributed by atoms with Crippen LogP contribution in [0.4, 0.5) is 11.4 Å². The lowest BCUT2D eigenvalue weighted by Crippen LogP contribution is -2.22. The minimum Gasteiger partial charge on any atom is -0.375 e. The third-order valence-electron chi connectivity index (χ3n) is 3.65. The van der Waals surface area contributed by atoms with Crippen molar-refractivity contribution >= 4 is 39.1 Å². The molecule has 0 aromatic heterocycles. The number of para-hydroxylation sites is 1. The average molecular weight is 404 g/mol. The van der Waals surface area contributed by atoms with Crippen molar-refractivity contribution < 1.29 is 9.59 Å². The SMILES string of the molecule is CN(C)C(=O)CCc1cccc(NC(=O)CNc2ccccc2Br)c1. The Kier molecular flexibility index (Phi) is 7.01. The number of rotatable bonds is 7. The van der Waals surface area contributed by atoms with Crippen LogP contribution < -0.4 is 10.6 Å². The summed E-state index contributed by atoms with van der Waals surface area (Å²) < 4.78 is 0.912. The van der Waals surface area contributed by atoms with Crippen molar-refractivity contribution in [2.45, 2.75) is 12.8 Å². The first-order chi connectivity index (χ1) is 12.0. The van der Waals surface area contributed by atoms with Gasteiger partial charge in [-0.2, -0.15) is 0 Å². The lowest BCUT2D eigenvalue weighted by molar-refractivity contribution is -0.128. The molecule has 6 heteroatoms. The first-order valence-corrected chi connectivity index (χ1v) is 8.82. The van der Waals surface area contributed by atoms with Gasteiger partial charge in [-0.25, -0.2) is 0 Å². The van der Waals surface area contributed by atoms with Crippen LogP contribution in [0.2, 0.25) is 0 Å². The van der Waals surface area contributed by atoms with E-state index in [4.69, 9.17) is 0 Å². The van der Waals surface area contributed by atoms with Gasteiger partial charge in [0.15, 0.2) is 0 Å². The second kappa shape index (κ2) is 9.22. The molecule has 0 bridgehead atoms. The molecule has 5 nitrogen and oxygen atoms in total. The van der Waals surface area contributed by atoms with E-state index in [1.165, 1.54) is 0 Å². The van der Waals surface area contributed by atoms with Crippen LogP contribution in [-0.2, 0) is 16.0 Å². The van der Waals surface area contributed by atoms with Crippen molar-refractivity contribution in [2.24, 2.45) is 0 Å². The Morgan fingerprint density at radius 2 is 1.84 bits per heavy atom. The van der Waals surface area contributed by atoms with Crippen LogP contribution in [0, 0.1) is 0 Å². The molecule has 0 aliphatic carbocycles. The van der Waals surface area contributed by atoms with Crippen LogP contribution in [0.5, 0.6) is 0 Å². The van der Waals surface area contributed by atoms with Gasteiger partial charge >= 0.3 is 0 Å². The number of hydrogen-bond donors (Lipinski definition) is 2. The summed E-state index contributed by atoms with van der Waals surface area (Å²) >= 11 is 3.44. The average Bonchev–Trinajstić information content (AvgIpc) is 2.59. The monoisotopic (exact) mass is 403 g/mol. The van der Waals surface area contributed by atoms with Gasteiger partial charge in [0.25, 0.3) is 0 Å². The molecular formula is C19H22BrN3O2. The van der Waals surface area contributed by atoms with Crippen LogP contribution in [0.15, 0.2) is 53.0 Å². The Hall–Kier alpha value is -2.34. The summed E-state index contributed by atoms with van der Waals surface area (Å²) in [7, 11) is 3.49. The minimum absolute atomic E-state index is 0.0899. The van der Waals surface area contributed by atoms with Gasteiger partial charge in [-0.1, -0.05) is 24.3 Å². The van der Waals surface area contributed by atoms with Gasteiger partial charge in [0.2, 0.25) is 11.8 Å². The van der Waals surface area contributed by atoms with E-state index in [0.717, 1.165) is 21.4 Å². The number of halogens is 1. The Bertz CT molecular complexity index is 747. The highest BCUT2D eigenvalue weighted by Crippen LogP contribution is 2.20. The second-order valence-corrected chi connectivity index (χ2v) is 6.72. The van der Waals surface area contributed by atoms with E-state index < -0.39 is 0 Å². The highest BCUT2D eigenvalue weighted by atomic mass is 79.9. The van der Waals surface area contributed by atoms with E-state index >= 15 is 0 Å². The zero-order valence-electron chi connectivity index (χ0n) is 14.4. The van der Waals surface area contributed by atoms with Crippen LogP contribution in [-0.4, -0.2) is 37.4 Å². The molecular weight excluding hydrogens is 382 g/mol. The van der Waals surface area contributed by atoms with Crippen LogP contribution >= 0.6 is 15.9 Å². The first kappa shape index (κ1) is 19.0. The maximum absolute atomic E-state index is 12.1. The smallest absolute Gasteiger partial charge is 0.243 e. The van der Waals surface area contributed by atoms with Crippen molar-refractivity contribution in [2.75, 3.05) is 31.3 Å². The van der Waals surface area contributed by atoms with E-state index in [-0.39, 0.29) is 18.4 Å². The molecule has 0 spiro atoms.